The van der Waals surface area contributed by atoms with Crippen LogP contribution in [0.3, 0.4) is 0 Å². The Morgan fingerprint density at radius 3 is 2.93 bits per heavy atom. The van der Waals surface area contributed by atoms with Crippen molar-refractivity contribution in [1.29, 1.82) is 0 Å². The van der Waals surface area contributed by atoms with E-state index >= 15 is 0 Å². The molecule has 0 aromatic heterocycles. The highest BCUT2D eigenvalue weighted by atomic mass is 32.1. The van der Waals surface area contributed by atoms with Crippen LogP contribution in [0.15, 0.2) is 0 Å². The predicted octanol–water partition coefficient (Wildman–Crippen LogP) is -0.697. The van der Waals surface area contributed by atoms with Crippen LogP contribution in [-0.4, -0.2) is 29.4 Å². The molecular formula is C9H15N3O2S. The lowest BCUT2D eigenvalue weighted by Crippen LogP contribution is -2.52. The largest absolute Gasteiger partial charge is 0.393 e. The van der Waals surface area contributed by atoms with Gasteiger partial charge in [0.25, 0.3) is 0 Å². The maximum atomic E-state index is 11.5. The minimum atomic E-state index is -0.533. The van der Waals surface area contributed by atoms with E-state index in [1.807, 2.05) is 0 Å². The standard InChI is InChI=1S/C9H15N3O2S/c1-5(7(10)15)8(13)12-6-3-2-4-11-9(6)14/h5-6H,2-4H2,1H3,(H2,10,15)(H,11,14)(H,12,13). The summed E-state index contributed by atoms with van der Waals surface area (Å²) >= 11 is 4.71. The number of thiocarbonyl (C=S) groups is 1. The van der Waals surface area contributed by atoms with Crippen molar-refractivity contribution in [3.8, 4) is 0 Å². The van der Waals surface area contributed by atoms with Gasteiger partial charge in [-0.15, -0.1) is 0 Å². The molecule has 0 aromatic carbocycles. The minimum Gasteiger partial charge on any atom is -0.393 e. The Morgan fingerprint density at radius 2 is 2.40 bits per heavy atom. The zero-order valence-corrected chi connectivity index (χ0v) is 9.39. The van der Waals surface area contributed by atoms with Crippen molar-refractivity contribution in [3.05, 3.63) is 0 Å². The summed E-state index contributed by atoms with van der Waals surface area (Å²) in [5, 5.41) is 5.32. The Morgan fingerprint density at radius 1 is 1.73 bits per heavy atom. The van der Waals surface area contributed by atoms with Crippen LogP contribution < -0.4 is 16.4 Å². The summed E-state index contributed by atoms with van der Waals surface area (Å²) in [6.07, 6.45) is 1.54. The molecule has 1 fully saturated rings. The molecule has 0 spiro atoms. The average molecular weight is 229 g/mol. The van der Waals surface area contributed by atoms with Crippen LogP contribution in [-0.2, 0) is 9.59 Å². The van der Waals surface area contributed by atoms with Crippen molar-refractivity contribution >= 4 is 29.0 Å². The van der Waals surface area contributed by atoms with Crippen LogP contribution >= 0.6 is 12.2 Å². The van der Waals surface area contributed by atoms with Gasteiger partial charge in [0.2, 0.25) is 11.8 Å². The van der Waals surface area contributed by atoms with Gasteiger partial charge in [-0.05, 0) is 19.8 Å². The lowest BCUT2D eigenvalue weighted by Gasteiger charge is -2.23. The third-order valence-electron chi connectivity index (χ3n) is 2.42. The summed E-state index contributed by atoms with van der Waals surface area (Å²) in [7, 11) is 0. The molecule has 1 heterocycles. The molecule has 6 heteroatoms. The fourth-order valence-electron chi connectivity index (χ4n) is 1.34. The van der Waals surface area contributed by atoms with Gasteiger partial charge in [0, 0.05) is 6.54 Å². The lowest BCUT2D eigenvalue weighted by atomic mass is 10.1. The summed E-state index contributed by atoms with van der Waals surface area (Å²) in [5.74, 6) is -0.955. The number of carbonyl (C=O) groups excluding carboxylic acids is 2. The van der Waals surface area contributed by atoms with Gasteiger partial charge in [0.05, 0.1) is 10.9 Å². The topological polar surface area (TPSA) is 84.2 Å². The molecule has 1 aliphatic rings. The molecule has 2 atom stereocenters. The zero-order chi connectivity index (χ0) is 11.4. The van der Waals surface area contributed by atoms with Crippen LogP contribution in [0.1, 0.15) is 19.8 Å². The molecule has 5 nitrogen and oxygen atoms in total. The van der Waals surface area contributed by atoms with Crippen LogP contribution in [0.4, 0.5) is 0 Å². The van der Waals surface area contributed by atoms with E-state index in [0.29, 0.717) is 13.0 Å². The van der Waals surface area contributed by atoms with Gasteiger partial charge < -0.3 is 16.4 Å². The van der Waals surface area contributed by atoms with Crippen LogP contribution in [0.2, 0.25) is 0 Å². The predicted molar refractivity (Wildman–Crippen MR) is 60.1 cm³/mol. The zero-order valence-electron chi connectivity index (χ0n) is 8.58. The molecule has 0 aliphatic carbocycles. The summed E-state index contributed by atoms with van der Waals surface area (Å²) in [5.41, 5.74) is 5.35. The fraction of sp³-hybridized carbons (Fsp3) is 0.667. The van der Waals surface area contributed by atoms with Gasteiger partial charge in [0.1, 0.15) is 6.04 Å². The van der Waals surface area contributed by atoms with E-state index in [-0.39, 0.29) is 16.8 Å². The molecule has 0 saturated carbocycles. The van der Waals surface area contributed by atoms with E-state index in [9.17, 15) is 9.59 Å². The molecule has 2 amide bonds. The highest BCUT2D eigenvalue weighted by Gasteiger charge is 2.26. The number of piperidine rings is 1. The maximum absolute atomic E-state index is 11.5. The molecule has 0 radical (unpaired) electrons. The summed E-state index contributed by atoms with van der Waals surface area (Å²) in [6, 6.07) is -0.442. The first kappa shape index (κ1) is 11.9. The van der Waals surface area contributed by atoms with Gasteiger partial charge in [0.15, 0.2) is 0 Å². The van der Waals surface area contributed by atoms with E-state index < -0.39 is 12.0 Å². The second kappa shape index (κ2) is 5.06. The lowest BCUT2D eigenvalue weighted by molar-refractivity contribution is -0.130. The first-order valence-electron chi connectivity index (χ1n) is 4.89. The molecular weight excluding hydrogens is 214 g/mol. The highest BCUT2D eigenvalue weighted by molar-refractivity contribution is 7.80. The van der Waals surface area contributed by atoms with Crippen molar-refractivity contribution in [2.24, 2.45) is 11.7 Å². The molecule has 0 bridgehead atoms. The quantitative estimate of drug-likeness (QED) is 0.559. The minimum absolute atomic E-state index is 0.135. The Labute approximate surface area is 93.8 Å². The Bertz CT molecular complexity index is 293. The summed E-state index contributed by atoms with van der Waals surface area (Å²) in [6.45, 7) is 2.30. The van der Waals surface area contributed by atoms with E-state index in [0.717, 1.165) is 6.42 Å². The maximum Gasteiger partial charge on any atom is 0.242 e. The number of hydrogen-bond acceptors (Lipinski definition) is 3. The van der Waals surface area contributed by atoms with Crippen molar-refractivity contribution < 1.29 is 9.59 Å². The molecule has 15 heavy (non-hydrogen) atoms. The normalized spacial score (nSPS) is 22.7. The number of rotatable bonds is 3. The molecule has 4 N–H and O–H groups in total. The highest BCUT2D eigenvalue weighted by Crippen LogP contribution is 2.04. The Balaban J connectivity index is 2.49. The van der Waals surface area contributed by atoms with E-state index in [2.05, 4.69) is 10.6 Å². The smallest absolute Gasteiger partial charge is 0.242 e. The van der Waals surface area contributed by atoms with Crippen LogP contribution in [0.25, 0.3) is 0 Å². The second-order valence-corrected chi connectivity index (χ2v) is 4.09. The molecule has 2 unspecified atom stereocenters. The third kappa shape index (κ3) is 3.16. The number of carbonyl (C=O) groups is 2. The SMILES string of the molecule is CC(C(=O)NC1CCCNC1=O)C(N)=S. The van der Waals surface area contributed by atoms with Crippen LogP contribution in [0.5, 0.6) is 0 Å². The van der Waals surface area contributed by atoms with Crippen molar-refractivity contribution in [2.45, 2.75) is 25.8 Å². The molecule has 84 valence electrons. The average Bonchev–Trinajstić information content (AvgIpc) is 2.20. The van der Waals surface area contributed by atoms with E-state index in [4.69, 9.17) is 18.0 Å². The Kier molecular flexibility index (Phi) is 4.02. The first-order chi connectivity index (χ1) is 7.02. The second-order valence-electron chi connectivity index (χ2n) is 3.62. The van der Waals surface area contributed by atoms with Gasteiger partial charge in [-0.1, -0.05) is 12.2 Å². The van der Waals surface area contributed by atoms with Gasteiger partial charge >= 0.3 is 0 Å². The third-order valence-corrected chi connectivity index (χ3v) is 2.78. The van der Waals surface area contributed by atoms with E-state index in [1.54, 1.807) is 6.92 Å². The molecule has 1 saturated heterocycles. The van der Waals surface area contributed by atoms with Gasteiger partial charge in [-0.2, -0.15) is 0 Å². The molecule has 1 aliphatic heterocycles. The van der Waals surface area contributed by atoms with Gasteiger partial charge in [-0.25, -0.2) is 0 Å². The van der Waals surface area contributed by atoms with Crippen molar-refractivity contribution in [1.82, 2.24) is 10.6 Å². The Hall–Kier alpha value is -1.17. The first-order valence-corrected chi connectivity index (χ1v) is 5.30. The number of nitrogens with one attached hydrogen (secondary N) is 2. The number of amides is 2. The number of hydrogen-bond donors (Lipinski definition) is 3. The van der Waals surface area contributed by atoms with Crippen molar-refractivity contribution in [2.75, 3.05) is 6.54 Å². The van der Waals surface area contributed by atoms with Gasteiger partial charge in [-0.3, -0.25) is 9.59 Å². The monoisotopic (exact) mass is 229 g/mol. The molecule has 1 rings (SSSR count). The fourth-order valence-corrected chi connectivity index (χ4v) is 1.44. The number of nitrogens with two attached hydrogens (primary N) is 1. The van der Waals surface area contributed by atoms with E-state index in [1.165, 1.54) is 0 Å². The summed E-state index contributed by atoms with van der Waals surface area (Å²) < 4.78 is 0. The summed E-state index contributed by atoms with van der Waals surface area (Å²) in [4.78, 5) is 23.0. The van der Waals surface area contributed by atoms with Crippen molar-refractivity contribution in [3.63, 3.8) is 0 Å². The van der Waals surface area contributed by atoms with Crippen LogP contribution in [0, 0.1) is 5.92 Å². The molecule has 0 aromatic rings.